The number of nitrogens with one attached hydrogen (secondary N) is 1. The molecule has 2 aromatic rings. The Bertz CT molecular complexity index is 838. The topological polar surface area (TPSA) is 76.8 Å². The van der Waals surface area contributed by atoms with Gasteiger partial charge in [-0.3, -0.25) is 0 Å². The van der Waals surface area contributed by atoms with Crippen molar-refractivity contribution in [1.82, 2.24) is 9.88 Å². The molecule has 0 aliphatic carbocycles. The van der Waals surface area contributed by atoms with Gasteiger partial charge in [0, 0.05) is 19.0 Å². The zero-order valence-corrected chi connectivity index (χ0v) is 15.4. The Morgan fingerprint density at radius 3 is 2.86 bits per heavy atom. The van der Waals surface area contributed by atoms with Gasteiger partial charge in [-0.2, -0.15) is 13.2 Å². The van der Waals surface area contributed by atoms with E-state index in [0.29, 0.717) is 25.3 Å². The summed E-state index contributed by atoms with van der Waals surface area (Å²) in [6.45, 7) is 2.85. The number of pyridine rings is 1. The normalized spacial score (nSPS) is 17.5. The van der Waals surface area contributed by atoms with Gasteiger partial charge in [-0.1, -0.05) is 6.92 Å². The van der Waals surface area contributed by atoms with Gasteiger partial charge in [-0.05, 0) is 12.1 Å². The van der Waals surface area contributed by atoms with Gasteiger partial charge in [0.1, 0.15) is 34.7 Å². The predicted octanol–water partition coefficient (Wildman–Crippen LogP) is 3.87. The molecule has 3 heterocycles. The number of aromatic nitrogens is 1. The Morgan fingerprint density at radius 2 is 2.21 bits per heavy atom. The predicted molar refractivity (Wildman–Crippen MR) is 93.2 cm³/mol. The van der Waals surface area contributed by atoms with Gasteiger partial charge in [0.15, 0.2) is 0 Å². The Hall–Kier alpha value is -2.75. The number of carbonyl (C=O) groups is 1. The van der Waals surface area contributed by atoms with Crippen molar-refractivity contribution < 1.29 is 31.9 Å². The summed E-state index contributed by atoms with van der Waals surface area (Å²) in [5, 5.41) is 2.57. The van der Waals surface area contributed by atoms with Crippen molar-refractivity contribution in [2.75, 3.05) is 32.2 Å². The van der Waals surface area contributed by atoms with Crippen LogP contribution in [-0.2, 0) is 17.3 Å². The lowest BCUT2D eigenvalue weighted by molar-refractivity contribution is -0.141. The maximum atomic E-state index is 12.8. The Morgan fingerprint density at radius 1 is 1.43 bits per heavy atom. The van der Waals surface area contributed by atoms with Crippen LogP contribution in [0.5, 0.6) is 5.75 Å². The number of morpholine rings is 1. The van der Waals surface area contributed by atoms with Crippen LogP contribution in [0.4, 0.5) is 23.7 Å². The van der Waals surface area contributed by atoms with Crippen LogP contribution < -0.4 is 10.1 Å². The standard InChI is InChI=1S/C18H20F3N3O4/c1-3-11-4-5-14(28-11)13-10-27-7-6-24(13)17(25)23-12-9-22-16(18(19,20)21)8-15(12)26-2/h4-5,8-9,13H,3,6-7,10H2,1-2H3,(H,23,25). The van der Waals surface area contributed by atoms with Crippen LogP contribution in [0.25, 0.3) is 0 Å². The second-order valence-corrected chi connectivity index (χ2v) is 6.14. The molecule has 10 heteroatoms. The Kier molecular flexibility index (Phi) is 5.78. The van der Waals surface area contributed by atoms with E-state index < -0.39 is 23.9 Å². The van der Waals surface area contributed by atoms with Gasteiger partial charge in [0.2, 0.25) is 0 Å². The molecule has 0 spiro atoms. The van der Waals surface area contributed by atoms with E-state index in [1.165, 1.54) is 12.0 Å². The van der Waals surface area contributed by atoms with Crippen molar-refractivity contribution in [2.45, 2.75) is 25.6 Å². The minimum absolute atomic E-state index is 0.0411. The van der Waals surface area contributed by atoms with E-state index in [1.54, 1.807) is 6.07 Å². The van der Waals surface area contributed by atoms with Crippen LogP contribution in [0.3, 0.4) is 0 Å². The Labute approximate surface area is 159 Å². The number of alkyl halides is 3. The molecule has 1 fully saturated rings. The Balaban J connectivity index is 1.80. The van der Waals surface area contributed by atoms with E-state index in [0.717, 1.165) is 18.0 Å². The smallest absolute Gasteiger partial charge is 0.433 e. The average molecular weight is 399 g/mol. The number of methoxy groups -OCH3 is 1. The number of carbonyl (C=O) groups excluding carboxylic acids is 1. The van der Waals surface area contributed by atoms with Gasteiger partial charge in [0.05, 0.1) is 26.5 Å². The molecule has 0 saturated carbocycles. The molecule has 3 rings (SSSR count). The number of ether oxygens (including phenoxy) is 2. The number of furan rings is 1. The number of hydrogen-bond donors (Lipinski definition) is 1. The fourth-order valence-electron chi connectivity index (χ4n) is 2.89. The summed E-state index contributed by atoms with van der Waals surface area (Å²) < 4.78 is 54.6. The summed E-state index contributed by atoms with van der Waals surface area (Å²) in [4.78, 5) is 17.7. The summed E-state index contributed by atoms with van der Waals surface area (Å²) in [7, 11) is 1.22. The minimum Gasteiger partial charge on any atom is -0.494 e. The van der Waals surface area contributed by atoms with Gasteiger partial charge in [-0.15, -0.1) is 0 Å². The molecule has 28 heavy (non-hydrogen) atoms. The van der Waals surface area contributed by atoms with E-state index in [2.05, 4.69) is 10.3 Å². The highest BCUT2D eigenvalue weighted by atomic mass is 19.4. The van der Waals surface area contributed by atoms with Crippen LogP contribution in [0, 0.1) is 0 Å². The third-order valence-electron chi connectivity index (χ3n) is 4.37. The van der Waals surface area contributed by atoms with Crippen molar-refractivity contribution in [3.63, 3.8) is 0 Å². The number of aryl methyl sites for hydroxylation is 1. The number of hydrogen-bond acceptors (Lipinski definition) is 5. The van der Waals surface area contributed by atoms with Crippen LogP contribution in [-0.4, -0.2) is 42.8 Å². The first kappa shape index (κ1) is 20.0. The molecule has 1 N–H and O–H groups in total. The first-order valence-corrected chi connectivity index (χ1v) is 8.68. The SMILES string of the molecule is CCc1ccc(C2COCCN2C(=O)Nc2cnc(C(F)(F)F)cc2OC)o1. The zero-order chi connectivity index (χ0) is 20.3. The maximum Gasteiger partial charge on any atom is 0.433 e. The third-order valence-corrected chi connectivity index (χ3v) is 4.37. The van der Waals surface area contributed by atoms with E-state index in [9.17, 15) is 18.0 Å². The lowest BCUT2D eigenvalue weighted by Crippen LogP contribution is -2.45. The number of anilines is 1. The molecule has 152 valence electrons. The monoisotopic (exact) mass is 399 g/mol. The molecule has 1 unspecified atom stereocenters. The number of nitrogens with zero attached hydrogens (tertiary/aromatic N) is 2. The molecular formula is C18H20F3N3O4. The van der Waals surface area contributed by atoms with Gasteiger partial charge < -0.3 is 24.1 Å². The fraction of sp³-hybridized carbons (Fsp3) is 0.444. The molecule has 1 saturated heterocycles. The van der Waals surface area contributed by atoms with E-state index in [-0.39, 0.29) is 18.0 Å². The second-order valence-electron chi connectivity index (χ2n) is 6.14. The first-order chi connectivity index (χ1) is 13.3. The summed E-state index contributed by atoms with van der Waals surface area (Å²) in [6, 6.07) is 3.42. The number of amides is 2. The largest absolute Gasteiger partial charge is 0.494 e. The van der Waals surface area contributed by atoms with Crippen molar-refractivity contribution in [2.24, 2.45) is 0 Å². The molecule has 1 atom stereocenters. The molecule has 2 amide bonds. The molecule has 0 aromatic carbocycles. The lowest BCUT2D eigenvalue weighted by atomic mass is 10.2. The molecule has 1 aliphatic rings. The fourth-order valence-corrected chi connectivity index (χ4v) is 2.89. The van der Waals surface area contributed by atoms with Crippen molar-refractivity contribution >= 4 is 11.7 Å². The maximum absolute atomic E-state index is 12.8. The minimum atomic E-state index is -4.61. The quantitative estimate of drug-likeness (QED) is 0.845. The number of urea groups is 1. The van der Waals surface area contributed by atoms with Crippen molar-refractivity contribution in [3.05, 3.63) is 41.6 Å². The summed E-state index contributed by atoms with van der Waals surface area (Å²) >= 11 is 0. The summed E-state index contributed by atoms with van der Waals surface area (Å²) in [6.07, 6.45) is -2.97. The van der Waals surface area contributed by atoms with Crippen LogP contribution in [0.1, 0.15) is 30.2 Å². The molecule has 0 bridgehead atoms. The highest BCUT2D eigenvalue weighted by molar-refractivity contribution is 5.91. The summed E-state index contributed by atoms with van der Waals surface area (Å²) in [5.74, 6) is 1.24. The number of halogens is 3. The number of rotatable bonds is 4. The van der Waals surface area contributed by atoms with Crippen LogP contribution in [0.2, 0.25) is 0 Å². The second kappa shape index (κ2) is 8.09. The third kappa shape index (κ3) is 4.22. The van der Waals surface area contributed by atoms with Gasteiger partial charge in [-0.25, -0.2) is 9.78 Å². The van der Waals surface area contributed by atoms with E-state index in [4.69, 9.17) is 13.9 Å². The first-order valence-electron chi connectivity index (χ1n) is 8.68. The van der Waals surface area contributed by atoms with Crippen molar-refractivity contribution in [3.8, 4) is 5.75 Å². The average Bonchev–Trinajstić information content (AvgIpc) is 3.16. The molecular weight excluding hydrogens is 379 g/mol. The highest BCUT2D eigenvalue weighted by Gasteiger charge is 2.34. The van der Waals surface area contributed by atoms with E-state index >= 15 is 0 Å². The van der Waals surface area contributed by atoms with Crippen LogP contribution >= 0.6 is 0 Å². The van der Waals surface area contributed by atoms with Gasteiger partial charge in [0.25, 0.3) is 0 Å². The van der Waals surface area contributed by atoms with E-state index in [1.807, 2.05) is 13.0 Å². The molecule has 2 aromatic heterocycles. The highest BCUT2D eigenvalue weighted by Crippen LogP contribution is 2.34. The molecule has 0 radical (unpaired) electrons. The van der Waals surface area contributed by atoms with Crippen molar-refractivity contribution in [1.29, 1.82) is 0 Å². The summed E-state index contributed by atoms with van der Waals surface area (Å²) in [5.41, 5.74) is -1.06. The lowest BCUT2D eigenvalue weighted by Gasteiger charge is -2.34. The molecule has 7 nitrogen and oxygen atoms in total. The van der Waals surface area contributed by atoms with Gasteiger partial charge >= 0.3 is 12.2 Å². The molecule has 1 aliphatic heterocycles. The zero-order valence-electron chi connectivity index (χ0n) is 15.4. The van der Waals surface area contributed by atoms with Crippen LogP contribution in [0.15, 0.2) is 28.8 Å².